The second kappa shape index (κ2) is 7.08. The lowest BCUT2D eigenvalue weighted by molar-refractivity contribution is -0.121. The minimum Gasteiger partial charge on any atom is -0.353 e. The van der Waals surface area contributed by atoms with Gasteiger partial charge in [0.05, 0.1) is 11.4 Å². The second-order valence-electron chi connectivity index (χ2n) is 5.52. The van der Waals surface area contributed by atoms with Gasteiger partial charge in [0, 0.05) is 24.1 Å². The average molecular weight is 390 g/mol. The number of carbonyl (C=O) groups is 1. The van der Waals surface area contributed by atoms with Crippen molar-refractivity contribution in [3.63, 3.8) is 0 Å². The van der Waals surface area contributed by atoms with Crippen molar-refractivity contribution in [3.8, 4) is 0 Å². The zero-order valence-corrected chi connectivity index (χ0v) is 14.7. The second-order valence-corrected chi connectivity index (χ2v) is 8.48. The van der Waals surface area contributed by atoms with Gasteiger partial charge in [-0.05, 0) is 43.0 Å². The molecule has 1 unspecified atom stereocenters. The highest BCUT2D eigenvalue weighted by Gasteiger charge is 2.29. The zero-order chi connectivity index (χ0) is 16.3. The van der Waals surface area contributed by atoms with E-state index in [-0.39, 0.29) is 23.4 Å². The van der Waals surface area contributed by atoms with E-state index in [1.807, 2.05) is 0 Å². The summed E-state index contributed by atoms with van der Waals surface area (Å²) in [5.41, 5.74) is 5.90. The molecule has 3 N–H and O–H groups in total. The highest BCUT2D eigenvalue weighted by atomic mass is 79.9. The summed E-state index contributed by atoms with van der Waals surface area (Å²) in [5, 5.41) is 2.69. The number of halogens is 1. The lowest BCUT2D eigenvalue weighted by Gasteiger charge is -2.18. The third-order valence-electron chi connectivity index (χ3n) is 3.65. The number of carbonyl (C=O) groups excluding carboxylic acids is 1. The van der Waals surface area contributed by atoms with Gasteiger partial charge in [-0.25, -0.2) is 8.42 Å². The van der Waals surface area contributed by atoms with Crippen LogP contribution in [0.3, 0.4) is 0 Å². The number of nitrogens with one attached hydrogen (secondary N) is 1. The molecule has 1 aliphatic rings. The third kappa shape index (κ3) is 4.52. The van der Waals surface area contributed by atoms with Gasteiger partial charge in [-0.1, -0.05) is 15.9 Å². The van der Waals surface area contributed by atoms with Crippen molar-refractivity contribution in [1.29, 1.82) is 0 Å². The summed E-state index contributed by atoms with van der Waals surface area (Å²) in [4.78, 5) is 12.0. The van der Waals surface area contributed by atoms with E-state index in [9.17, 15) is 13.2 Å². The number of rotatable bonds is 7. The summed E-state index contributed by atoms with van der Waals surface area (Å²) in [5.74, 6) is 0.142. The van der Waals surface area contributed by atoms with Crippen LogP contribution in [-0.4, -0.2) is 44.8 Å². The minimum absolute atomic E-state index is 0.0441. The smallest absolute Gasteiger partial charge is 0.243 e. The first kappa shape index (κ1) is 17.4. The molecule has 1 aliphatic carbocycles. The van der Waals surface area contributed by atoms with Crippen molar-refractivity contribution in [2.45, 2.75) is 23.8 Å². The van der Waals surface area contributed by atoms with E-state index < -0.39 is 10.0 Å². The van der Waals surface area contributed by atoms with Gasteiger partial charge in [-0.3, -0.25) is 4.79 Å². The molecule has 2 rings (SSSR count). The van der Waals surface area contributed by atoms with E-state index in [0.29, 0.717) is 12.5 Å². The van der Waals surface area contributed by atoms with E-state index in [2.05, 4.69) is 21.2 Å². The summed E-state index contributed by atoms with van der Waals surface area (Å²) in [6.45, 7) is 0.158. The Balaban J connectivity index is 1.90. The summed E-state index contributed by atoms with van der Waals surface area (Å²) in [6.07, 6.45) is 2.21. The van der Waals surface area contributed by atoms with Gasteiger partial charge in [0.1, 0.15) is 0 Å². The summed E-state index contributed by atoms with van der Waals surface area (Å²) in [7, 11) is -2.29. The number of hydrogen-bond donors (Lipinski definition) is 2. The van der Waals surface area contributed by atoms with Crippen LogP contribution in [0.15, 0.2) is 33.6 Å². The normalized spacial score (nSPS) is 16.5. The van der Waals surface area contributed by atoms with Gasteiger partial charge in [-0.2, -0.15) is 4.31 Å². The van der Waals surface area contributed by atoms with Crippen LogP contribution in [0.1, 0.15) is 12.8 Å². The molecule has 1 saturated carbocycles. The van der Waals surface area contributed by atoms with E-state index in [0.717, 1.165) is 21.6 Å². The first-order valence-corrected chi connectivity index (χ1v) is 9.28. The fourth-order valence-electron chi connectivity index (χ4n) is 2.05. The Bertz CT molecular complexity index is 629. The summed E-state index contributed by atoms with van der Waals surface area (Å²) >= 11 is 3.26. The Hall–Kier alpha value is -0.960. The molecule has 0 saturated heterocycles. The van der Waals surface area contributed by atoms with E-state index in [1.54, 1.807) is 12.1 Å². The maximum absolute atomic E-state index is 12.3. The van der Waals surface area contributed by atoms with E-state index in [4.69, 9.17) is 5.73 Å². The Morgan fingerprint density at radius 2 is 2.00 bits per heavy atom. The molecule has 1 aromatic carbocycles. The van der Waals surface area contributed by atoms with Crippen molar-refractivity contribution in [3.05, 3.63) is 28.7 Å². The number of amides is 1. The molecule has 0 bridgehead atoms. The molecule has 1 fully saturated rings. The number of nitrogens with two attached hydrogens (primary N) is 1. The molecule has 0 aromatic heterocycles. The molecule has 0 aliphatic heterocycles. The Morgan fingerprint density at radius 1 is 1.41 bits per heavy atom. The quantitative estimate of drug-likeness (QED) is 0.724. The largest absolute Gasteiger partial charge is 0.353 e. The Kier molecular flexibility index (Phi) is 5.60. The van der Waals surface area contributed by atoms with E-state index in [1.165, 1.54) is 19.2 Å². The monoisotopic (exact) mass is 389 g/mol. The molecule has 122 valence electrons. The van der Waals surface area contributed by atoms with Crippen molar-refractivity contribution < 1.29 is 13.2 Å². The topological polar surface area (TPSA) is 92.5 Å². The highest BCUT2D eigenvalue weighted by Crippen LogP contribution is 2.31. The van der Waals surface area contributed by atoms with Crippen LogP contribution >= 0.6 is 15.9 Å². The van der Waals surface area contributed by atoms with Crippen molar-refractivity contribution in [1.82, 2.24) is 9.62 Å². The predicted molar refractivity (Wildman–Crippen MR) is 87.7 cm³/mol. The molecular weight excluding hydrogens is 370 g/mol. The molecular formula is C14H20BrN3O3S. The number of hydrogen-bond acceptors (Lipinski definition) is 4. The summed E-state index contributed by atoms with van der Waals surface area (Å²) in [6, 6.07) is 6.25. The van der Waals surface area contributed by atoms with Crippen LogP contribution in [0.25, 0.3) is 0 Å². The van der Waals surface area contributed by atoms with Crippen LogP contribution in [-0.2, 0) is 14.8 Å². The minimum atomic E-state index is -3.67. The molecule has 0 heterocycles. The fraction of sp³-hybridized carbons (Fsp3) is 0.500. The third-order valence-corrected chi connectivity index (χ3v) is 6.00. The average Bonchev–Trinajstić information content (AvgIpc) is 3.29. The van der Waals surface area contributed by atoms with Crippen molar-refractivity contribution >= 4 is 31.9 Å². The van der Waals surface area contributed by atoms with Gasteiger partial charge < -0.3 is 11.1 Å². The number of likely N-dealkylation sites (N-methyl/N-ethyl adjacent to an activating group) is 1. The van der Waals surface area contributed by atoms with Crippen LogP contribution in [0.5, 0.6) is 0 Å². The Labute approximate surface area is 139 Å². The van der Waals surface area contributed by atoms with Crippen LogP contribution in [0.4, 0.5) is 0 Å². The maximum atomic E-state index is 12.3. The fourth-order valence-corrected chi connectivity index (χ4v) is 3.44. The summed E-state index contributed by atoms with van der Waals surface area (Å²) < 4.78 is 26.5. The Morgan fingerprint density at radius 3 is 2.55 bits per heavy atom. The van der Waals surface area contributed by atoms with Gasteiger partial charge in [0.15, 0.2) is 0 Å². The number of benzene rings is 1. The SMILES string of the molecule is CN(CC(=O)NCC(N)C1CC1)S(=O)(=O)c1ccc(Br)cc1. The van der Waals surface area contributed by atoms with Gasteiger partial charge in [0.25, 0.3) is 0 Å². The molecule has 1 amide bonds. The van der Waals surface area contributed by atoms with Gasteiger partial charge in [0.2, 0.25) is 15.9 Å². The number of sulfonamides is 1. The number of nitrogens with zero attached hydrogens (tertiary/aromatic N) is 1. The lowest BCUT2D eigenvalue weighted by Crippen LogP contribution is -2.43. The first-order valence-electron chi connectivity index (χ1n) is 7.05. The van der Waals surface area contributed by atoms with Crippen LogP contribution < -0.4 is 11.1 Å². The molecule has 0 spiro atoms. The molecule has 1 aromatic rings. The molecule has 22 heavy (non-hydrogen) atoms. The van der Waals surface area contributed by atoms with E-state index >= 15 is 0 Å². The molecule has 1 atom stereocenters. The maximum Gasteiger partial charge on any atom is 0.243 e. The highest BCUT2D eigenvalue weighted by molar-refractivity contribution is 9.10. The zero-order valence-electron chi connectivity index (χ0n) is 12.3. The van der Waals surface area contributed by atoms with Gasteiger partial charge >= 0.3 is 0 Å². The lowest BCUT2D eigenvalue weighted by atomic mass is 10.2. The van der Waals surface area contributed by atoms with Crippen LogP contribution in [0, 0.1) is 5.92 Å². The molecule has 8 heteroatoms. The predicted octanol–water partition coefficient (Wildman–Crippen LogP) is 0.923. The van der Waals surface area contributed by atoms with Crippen molar-refractivity contribution in [2.75, 3.05) is 20.1 Å². The first-order chi connectivity index (χ1) is 10.3. The molecule has 0 radical (unpaired) electrons. The van der Waals surface area contributed by atoms with Gasteiger partial charge in [-0.15, -0.1) is 0 Å². The molecule has 6 nitrogen and oxygen atoms in total. The van der Waals surface area contributed by atoms with Crippen LogP contribution in [0.2, 0.25) is 0 Å². The standard InChI is InChI=1S/C14H20BrN3O3S/c1-18(9-14(19)17-8-13(16)10-2-3-10)22(20,21)12-6-4-11(15)5-7-12/h4-7,10,13H,2-3,8-9,16H2,1H3,(H,17,19). The van der Waals surface area contributed by atoms with Crippen molar-refractivity contribution in [2.24, 2.45) is 11.7 Å².